The number of methoxy groups -OCH3 is 2. The molecule has 0 saturated heterocycles. The summed E-state index contributed by atoms with van der Waals surface area (Å²) in [5, 5.41) is 0. The maximum Gasteiger partial charge on any atom is 0.163 e. The van der Waals surface area contributed by atoms with E-state index in [1.807, 2.05) is 18.2 Å². The van der Waals surface area contributed by atoms with Crippen LogP contribution in [0.3, 0.4) is 0 Å². The molecule has 4 atom stereocenters. The van der Waals surface area contributed by atoms with Crippen LogP contribution in [-0.4, -0.2) is 20.0 Å². The molecular formula is C24H36O3. The lowest BCUT2D eigenvalue weighted by molar-refractivity contribution is -0.0927. The number of ether oxygens (including phenoxy) is 2. The third-order valence-corrected chi connectivity index (χ3v) is 7.80. The van der Waals surface area contributed by atoms with Gasteiger partial charge in [-0.3, -0.25) is 4.79 Å². The van der Waals surface area contributed by atoms with Crippen molar-refractivity contribution in [2.24, 2.45) is 28.6 Å². The Hall–Kier alpha value is -1.51. The molecule has 1 aromatic carbocycles. The van der Waals surface area contributed by atoms with Gasteiger partial charge in [-0.2, -0.15) is 0 Å². The Labute approximate surface area is 164 Å². The number of benzene rings is 1. The van der Waals surface area contributed by atoms with Gasteiger partial charge in [-0.05, 0) is 60.0 Å². The second kappa shape index (κ2) is 7.48. The summed E-state index contributed by atoms with van der Waals surface area (Å²) in [4.78, 5) is 13.3. The van der Waals surface area contributed by atoms with Gasteiger partial charge < -0.3 is 9.47 Å². The van der Waals surface area contributed by atoms with E-state index in [1.54, 1.807) is 14.2 Å². The molecule has 1 aromatic rings. The van der Waals surface area contributed by atoms with Crippen molar-refractivity contribution >= 4 is 5.78 Å². The summed E-state index contributed by atoms with van der Waals surface area (Å²) in [5.41, 5.74) is 1.35. The molecule has 150 valence electrons. The van der Waals surface area contributed by atoms with Gasteiger partial charge in [0.1, 0.15) is 11.5 Å². The highest BCUT2D eigenvalue weighted by Crippen LogP contribution is 2.61. The molecule has 27 heavy (non-hydrogen) atoms. The zero-order valence-electron chi connectivity index (χ0n) is 17.9. The van der Waals surface area contributed by atoms with E-state index in [0.29, 0.717) is 46.7 Å². The molecule has 2 fully saturated rings. The second-order valence-corrected chi connectivity index (χ2v) is 9.79. The summed E-state index contributed by atoms with van der Waals surface area (Å²) in [5.74, 6) is 3.33. The van der Waals surface area contributed by atoms with Crippen molar-refractivity contribution in [3.8, 4) is 11.5 Å². The molecule has 2 aliphatic rings. The van der Waals surface area contributed by atoms with Gasteiger partial charge in [0.2, 0.25) is 0 Å². The molecule has 0 unspecified atom stereocenters. The average molecular weight is 373 g/mol. The first-order valence-corrected chi connectivity index (χ1v) is 10.5. The minimum absolute atomic E-state index is 0.217. The number of hydrogen-bond acceptors (Lipinski definition) is 3. The van der Waals surface area contributed by atoms with E-state index in [4.69, 9.17) is 9.47 Å². The Bertz CT molecular complexity index is 671. The van der Waals surface area contributed by atoms with Crippen LogP contribution in [0.25, 0.3) is 0 Å². The zero-order chi connectivity index (χ0) is 19.8. The van der Waals surface area contributed by atoms with Crippen LogP contribution in [0, 0.1) is 28.6 Å². The predicted molar refractivity (Wildman–Crippen MR) is 110 cm³/mol. The van der Waals surface area contributed by atoms with Crippen LogP contribution >= 0.6 is 0 Å². The maximum atomic E-state index is 13.3. The fourth-order valence-electron chi connectivity index (χ4n) is 6.33. The summed E-state index contributed by atoms with van der Waals surface area (Å²) in [7, 11) is 3.25. The number of rotatable bonds is 5. The third kappa shape index (κ3) is 3.75. The van der Waals surface area contributed by atoms with Gasteiger partial charge in [0.25, 0.3) is 0 Å². The highest BCUT2D eigenvalue weighted by Gasteiger charge is 2.53. The molecule has 3 rings (SSSR count). The highest BCUT2D eigenvalue weighted by molar-refractivity contribution is 5.97. The Balaban J connectivity index is 1.88. The molecule has 0 heterocycles. The summed E-state index contributed by atoms with van der Waals surface area (Å²) in [6, 6.07) is 5.52. The predicted octanol–water partition coefficient (Wildman–Crippen LogP) is 6.16. The summed E-state index contributed by atoms with van der Waals surface area (Å²) in [6.07, 6.45) is 7.02. The molecule has 3 heteroatoms. The van der Waals surface area contributed by atoms with E-state index < -0.39 is 0 Å². The van der Waals surface area contributed by atoms with Gasteiger partial charge >= 0.3 is 0 Å². The van der Waals surface area contributed by atoms with Crippen LogP contribution in [0.1, 0.15) is 76.6 Å². The van der Waals surface area contributed by atoms with Gasteiger partial charge in [0, 0.05) is 18.1 Å². The van der Waals surface area contributed by atoms with E-state index in [2.05, 4.69) is 27.7 Å². The number of ketones is 1. The Morgan fingerprint density at radius 2 is 1.67 bits per heavy atom. The van der Waals surface area contributed by atoms with Crippen LogP contribution in [0.5, 0.6) is 11.5 Å². The molecule has 0 spiro atoms. The highest BCUT2D eigenvalue weighted by atomic mass is 16.5. The van der Waals surface area contributed by atoms with Crippen molar-refractivity contribution in [3.05, 3.63) is 23.8 Å². The topological polar surface area (TPSA) is 35.5 Å². The lowest BCUT2D eigenvalue weighted by Gasteiger charge is -2.59. The van der Waals surface area contributed by atoms with E-state index in [0.717, 1.165) is 0 Å². The molecule has 0 aromatic heterocycles. The van der Waals surface area contributed by atoms with E-state index in [9.17, 15) is 4.79 Å². The zero-order valence-corrected chi connectivity index (χ0v) is 17.9. The van der Waals surface area contributed by atoms with Gasteiger partial charge in [0.05, 0.1) is 14.2 Å². The smallest absolute Gasteiger partial charge is 0.163 e. The standard InChI is InChI=1S/C24H36O3/c1-16-8-9-22-23(2,3)10-7-11-24(22,4)20(16)15-21(25)17-12-18(26-5)14-19(13-17)27-6/h12-14,16,20,22H,7-11,15H2,1-6H3/t16-,20-,22-,24+/m0/s1. The Morgan fingerprint density at radius 3 is 2.26 bits per heavy atom. The Kier molecular flexibility index (Phi) is 5.61. The average Bonchev–Trinajstić information content (AvgIpc) is 2.63. The normalized spacial score (nSPS) is 32.4. The van der Waals surface area contributed by atoms with Crippen molar-refractivity contribution in [3.63, 3.8) is 0 Å². The monoisotopic (exact) mass is 372 g/mol. The molecule has 2 aliphatic carbocycles. The van der Waals surface area contributed by atoms with Gasteiger partial charge in [0.15, 0.2) is 5.78 Å². The number of hydrogen-bond donors (Lipinski definition) is 0. The third-order valence-electron chi connectivity index (χ3n) is 7.80. The lowest BCUT2D eigenvalue weighted by Crippen LogP contribution is -2.51. The SMILES string of the molecule is COc1cc(OC)cc(C(=O)C[C@H]2[C@@H](C)CC[C@H]3C(C)(C)CCC[C@]23C)c1. The maximum absolute atomic E-state index is 13.3. The summed E-state index contributed by atoms with van der Waals surface area (Å²) in [6.45, 7) is 9.71. The van der Waals surface area contributed by atoms with Crippen LogP contribution in [-0.2, 0) is 0 Å². The van der Waals surface area contributed by atoms with Crippen molar-refractivity contribution in [2.45, 2.75) is 66.2 Å². The minimum Gasteiger partial charge on any atom is -0.497 e. The Morgan fingerprint density at radius 1 is 1.04 bits per heavy atom. The first-order chi connectivity index (χ1) is 12.7. The van der Waals surface area contributed by atoms with Gasteiger partial charge in [-0.1, -0.05) is 40.5 Å². The molecule has 0 radical (unpaired) electrons. The number of fused-ring (bicyclic) bond motifs is 1. The number of Topliss-reactive ketones (excluding diaryl/α,β-unsaturated/α-hetero) is 1. The summed E-state index contributed by atoms with van der Waals surface area (Å²) < 4.78 is 10.7. The first kappa shape index (κ1) is 20.2. The number of carbonyl (C=O) groups excluding carboxylic acids is 1. The molecule has 0 aliphatic heterocycles. The van der Waals surface area contributed by atoms with E-state index in [-0.39, 0.29) is 11.2 Å². The van der Waals surface area contributed by atoms with Crippen LogP contribution in [0.15, 0.2) is 18.2 Å². The minimum atomic E-state index is 0.217. The van der Waals surface area contributed by atoms with Crippen LogP contribution in [0.4, 0.5) is 0 Å². The lowest BCUT2D eigenvalue weighted by atomic mass is 9.46. The van der Waals surface area contributed by atoms with Crippen LogP contribution in [0.2, 0.25) is 0 Å². The van der Waals surface area contributed by atoms with Gasteiger partial charge in [-0.25, -0.2) is 0 Å². The summed E-state index contributed by atoms with van der Waals surface area (Å²) >= 11 is 0. The fourth-order valence-corrected chi connectivity index (χ4v) is 6.33. The fraction of sp³-hybridized carbons (Fsp3) is 0.708. The van der Waals surface area contributed by atoms with Crippen LogP contribution < -0.4 is 9.47 Å². The molecule has 0 bridgehead atoms. The first-order valence-electron chi connectivity index (χ1n) is 10.5. The van der Waals surface area contributed by atoms with E-state index >= 15 is 0 Å². The second-order valence-electron chi connectivity index (χ2n) is 9.79. The molecule has 0 N–H and O–H groups in total. The van der Waals surface area contributed by atoms with Gasteiger partial charge in [-0.15, -0.1) is 0 Å². The molecule has 3 nitrogen and oxygen atoms in total. The van der Waals surface area contributed by atoms with Crippen molar-refractivity contribution in [2.75, 3.05) is 14.2 Å². The molecular weight excluding hydrogens is 336 g/mol. The molecule has 0 amide bonds. The largest absolute Gasteiger partial charge is 0.497 e. The quantitative estimate of drug-likeness (QED) is 0.581. The van der Waals surface area contributed by atoms with Crippen molar-refractivity contribution < 1.29 is 14.3 Å². The number of carbonyl (C=O) groups is 1. The molecule has 2 saturated carbocycles. The van der Waals surface area contributed by atoms with E-state index in [1.165, 1.54) is 32.1 Å². The van der Waals surface area contributed by atoms with Crippen molar-refractivity contribution in [1.29, 1.82) is 0 Å². The van der Waals surface area contributed by atoms with Crippen molar-refractivity contribution in [1.82, 2.24) is 0 Å².